The lowest BCUT2D eigenvalue weighted by molar-refractivity contribution is -0.121. The van der Waals surface area contributed by atoms with Gasteiger partial charge < -0.3 is 19.5 Å². The lowest BCUT2D eigenvalue weighted by atomic mass is 9.95. The number of hydrogen-bond acceptors (Lipinski definition) is 5. The van der Waals surface area contributed by atoms with Crippen LogP contribution in [0.5, 0.6) is 5.75 Å². The molecule has 0 aliphatic carbocycles. The Morgan fingerprint density at radius 3 is 2.63 bits per heavy atom. The lowest BCUT2D eigenvalue weighted by Gasteiger charge is -2.31. The Bertz CT molecular complexity index is 816. The molecule has 1 aromatic heterocycles. The first-order chi connectivity index (χ1) is 12.9. The van der Waals surface area contributed by atoms with Crippen molar-refractivity contribution in [1.82, 2.24) is 10.1 Å². The number of carbonyl (C=O) groups is 2. The molecule has 1 N–H and O–H groups in total. The number of para-hydroxylation sites is 1. The minimum Gasteiger partial charge on any atom is -0.434 e. The highest BCUT2D eigenvalue weighted by Gasteiger charge is 2.29. The van der Waals surface area contributed by atoms with Crippen molar-refractivity contribution in [2.45, 2.75) is 26.4 Å². The first-order valence-corrected chi connectivity index (χ1v) is 8.51. The summed E-state index contributed by atoms with van der Waals surface area (Å²) in [5.74, 6) is -0.0454. The van der Waals surface area contributed by atoms with Gasteiger partial charge in [-0.1, -0.05) is 17.3 Å². The maximum absolute atomic E-state index is 12.7. The molecule has 1 aliphatic heterocycles. The molecule has 2 heterocycles. The molecular weight excluding hydrogens is 360 g/mol. The highest BCUT2D eigenvalue weighted by Crippen LogP contribution is 2.25. The summed E-state index contributed by atoms with van der Waals surface area (Å²) in [4.78, 5) is 26.5. The smallest absolute Gasteiger partial charge is 0.387 e. The fourth-order valence-corrected chi connectivity index (χ4v) is 3.01. The maximum Gasteiger partial charge on any atom is 0.387 e. The highest BCUT2D eigenvalue weighted by atomic mass is 19.3. The number of alkyl halides is 2. The Balaban J connectivity index is 1.59. The number of halogens is 2. The highest BCUT2D eigenvalue weighted by molar-refractivity contribution is 5.97. The number of hydrogen-bond donors (Lipinski definition) is 1. The van der Waals surface area contributed by atoms with Crippen molar-refractivity contribution >= 4 is 17.6 Å². The van der Waals surface area contributed by atoms with E-state index in [9.17, 15) is 18.4 Å². The second-order valence-corrected chi connectivity index (χ2v) is 6.25. The molecule has 0 unspecified atom stereocenters. The fraction of sp³-hybridized carbons (Fsp3) is 0.389. The minimum atomic E-state index is -3.01. The van der Waals surface area contributed by atoms with E-state index in [0.717, 1.165) is 0 Å². The van der Waals surface area contributed by atoms with Gasteiger partial charge in [-0.2, -0.15) is 8.78 Å². The van der Waals surface area contributed by atoms with Crippen LogP contribution in [0, 0.1) is 12.8 Å². The van der Waals surface area contributed by atoms with Crippen LogP contribution in [0.25, 0.3) is 0 Å². The number of anilines is 1. The molecule has 1 fully saturated rings. The van der Waals surface area contributed by atoms with Crippen LogP contribution < -0.4 is 10.1 Å². The average Bonchev–Trinajstić information content (AvgIpc) is 3.06. The maximum atomic E-state index is 12.7. The van der Waals surface area contributed by atoms with Gasteiger partial charge in [-0.3, -0.25) is 9.59 Å². The number of amides is 2. The van der Waals surface area contributed by atoms with Crippen LogP contribution in [-0.4, -0.2) is 41.6 Å². The third kappa shape index (κ3) is 4.60. The summed E-state index contributed by atoms with van der Waals surface area (Å²) in [5.41, 5.74) is 0.0822. The van der Waals surface area contributed by atoms with E-state index in [4.69, 9.17) is 4.52 Å². The van der Waals surface area contributed by atoms with Gasteiger partial charge in [0.05, 0.1) is 5.56 Å². The molecule has 144 valence electrons. The van der Waals surface area contributed by atoms with Crippen molar-refractivity contribution in [1.29, 1.82) is 0 Å². The number of piperidine rings is 1. The molecule has 2 aromatic rings. The molecule has 0 radical (unpaired) electrons. The number of aromatic nitrogens is 1. The predicted octanol–water partition coefficient (Wildman–Crippen LogP) is 3.08. The second-order valence-electron chi connectivity index (χ2n) is 6.25. The SMILES string of the molecule is Cc1cc(NC(=O)C2CCN(C(=O)c3ccccc3OC(F)F)CC2)no1. The van der Waals surface area contributed by atoms with Gasteiger partial charge in [0.1, 0.15) is 11.5 Å². The van der Waals surface area contributed by atoms with E-state index in [0.29, 0.717) is 37.5 Å². The zero-order chi connectivity index (χ0) is 19.4. The van der Waals surface area contributed by atoms with Gasteiger partial charge in [-0.05, 0) is 31.9 Å². The largest absolute Gasteiger partial charge is 0.434 e. The minimum absolute atomic E-state index is 0.0822. The molecule has 0 spiro atoms. The fourth-order valence-electron chi connectivity index (χ4n) is 3.01. The van der Waals surface area contributed by atoms with Crippen LogP contribution in [0.3, 0.4) is 0 Å². The molecule has 27 heavy (non-hydrogen) atoms. The Labute approximate surface area is 154 Å². The summed E-state index contributed by atoms with van der Waals surface area (Å²) in [7, 11) is 0. The van der Waals surface area contributed by atoms with Gasteiger partial charge >= 0.3 is 6.61 Å². The summed E-state index contributed by atoms with van der Waals surface area (Å²) in [6, 6.07) is 7.52. The number of ether oxygens (including phenoxy) is 1. The molecule has 7 nitrogen and oxygen atoms in total. The van der Waals surface area contributed by atoms with Gasteiger partial charge in [-0.15, -0.1) is 0 Å². The number of nitrogens with zero attached hydrogens (tertiary/aromatic N) is 2. The second kappa shape index (κ2) is 8.15. The zero-order valence-corrected chi connectivity index (χ0v) is 14.7. The molecule has 3 rings (SSSR count). The molecule has 1 aliphatic rings. The van der Waals surface area contributed by atoms with E-state index in [1.807, 2.05) is 0 Å². The number of nitrogens with one attached hydrogen (secondary N) is 1. The van der Waals surface area contributed by atoms with E-state index in [1.54, 1.807) is 19.1 Å². The van der Waals surface area contributed by atoms with Crippen LogP contribution in [0.2, 0.25) is 0 Å². The van der Waals surface area contributed by atoms with Gasteiger partial charge in [0.15, 0.2) is 5.82 Å². The first kappa shape index (κ1) is 18.8. The molecule has 1 saturated heterocycles. The predicted molar refractivity (Wildman–Crippen MR) is 91.6 cm³/mol. The molecule has 1 aromatic carbocycles. The van der Waals surface area contributed by atoms with Gasteiger partial charge in [0.2, 0.25) is 5.91 Å². The van der Waals surface area contributed by atoms with Crippen molar-refractivity contribution in [3.05, 3.63) is 41.7 Å². The van der Waals surface area contributed by atoms with Crippen LogP contribution in [0.1, 0.15) is 29.0 Å². The third-order valence-corrected chi connectivity index (χ3v) is 4.37. The Hall–Kier alpha value is -2.97. The molecule has 0 bridgehead atoms. The molecular formula is C18H19F2N3O4. The van der Waals surface area contributed by atoms with Crippen molar-refractivity contribution in [2.75, 3.05) is 18.4 Å². The normalized spacial score (nSPS) is 15.0. The lowest BCUT2D eigenvalue weighted by Crippen LogP contribution is -2.41. The van der Waals surface area contributed by atoms with Crippen molar-refractivity contribution in [2.24, 2.45) is 5.92 Å². The van der Waals surface area contributed by atoms with Gasteiger partial charge in [0, 0.05) is 25.1 Å². The van der Waals surface area contributed by atoms with Crippen molar-refractivity contribution in [3.8, 4) is 5.75 Å². The Morgan fingerprint density at radius 2 is 2.00 bits per heavy atom. The quantitative estimate of drug-likeness (QED) is 0.863. The molecule has 9 heteroatoms. The number of rotatable bonds is 5. The summed E-state index contributed by atoms with van der Waals surface area (Å²) < 4.78 is 34.4. The summed E-state index contributed by atoms with van der Waals surface area (Å²) in [6.45, 7) is -0.591. The Kier molecular flexibility index (Phi) is 5.68. The van der Waals surface area contributed by atoms with E-state index in [1.165, 1.54) is 23.1 Å². The van der Waals surface area contributed by atoms with Crippen LogP contribution in [-0.2, 0) is 4.79 Å². The summed E-state index contributed by atoms with van der Waals surface area (Å²) in [6.07, 6.45) is 0.929. The van der Waals surface area contributed by atoms with Gasteiger partial charge in [0.25, 0.3) is 5.91 Å². The van der Waals surface area contributed by atoms with Crippen molar-refractivity contribution < 1.29 is 27.6 Å². The molecule has 0 saturated carbocycles. The van der Waals surface area contributed by atoms with E-state index in [2.05, 4.69) is 15.2 Å². The molecule has 0 atom stereocenters. The first-order valence-electron chi connectivity index (χ1n) is 8.51. The third-order valence-electron chi connectivity index (χ3n) is 4.37. The zero-order valence-electron chi connectivity index (χ0n) is 14.7. The van der Waals surface area contributed by atoms with Crippen molar-refractivity contribution in [3.63, 3.8) is 0 Å². The van der Waals surface area contributed by atoms with Crippen LogP contribution >= 0.6 is 0 Å². The van der Waals surface area contributed by atoms with E-state index >= 15 is 0 Å². The van der Waals surface area contributed by atoms with Gasteiger partial charge in [-0.25, -0.2) is 0 Å². The molecule has 2 amide bonds. The summed E-state index contributed by atoms with van der Waals surface area (Å²) >= 11 is 0. The van der Waals surface area contributed by atoms with E-state index < -0.39 is 12.5 Å². The number of aryl methyl sites for hydroxylation is 1. The van der Waals surface area contributed by atoms with Crippen LogP contribution in [0.15, 0.2) is 34.9 Å². The number of carbonyl (C=O) groups excluding carboxylic acids is 2. The number of likely N-dealkylation sites (tertiary alicyclic amines) is 1. The monoisotopic (exact) mass is 379 g/mol. The average molecular weight is 379 g/mol. The van der Waals surface area contributed by atoms with Crippen LogP contribution in [0.4, 0.5) is 14.6 Å². The summed E-state index contributed by atoms with van der Waals surface area (Å²) in [5, 5.41) is 6.41. The van der Waals surface area contributed by atoms with E-state index in [-0.39, 0.29) is 23.1 Å². The standard InChI is InChI=1S/C18H19F2N3O4/c1-11-10-15(22-27-11)21-16(24)12-6-8-23(9-7-12)17(25)13-4-2-3-5-14(13)26-18(19)20/h2-5,10,12,18H,6-9H2,1H3,(H,21,22,24). The Morgan fingerprint density at radius 1 is 1.30 bits per heavy atom. The topological polar surface area (TPSA) is 84.7 Å². The number of benzene rings is 1.